The van der Waals surface area contributed by atoms with Gasteiger partial charge in [-0.1, -0.05) is 24.3 Å². The van der Waals surface area contributed by atoms with Gasteiger partial charge in [-0.05, 0) is 60.2 Å². The Morgan fingerprint density at radius 3 is 2.59 bits per heavy atom. The number of amides is 1. The smallest absolute Gasteiger partial charge is 0.251 e. The number of hydrogen-bond acceptors (Lipinski definition) is 5. The number of carbonyl (C=O) groups is 1. The molecule has 1 amide bonds. The van der Waals surface area contributed by atoms with Crippen LogP contribution < -0.4 is 15.4 Å². The second kappa shape index (κ2) is 9.70. The Hall–Kier alpha value is -4.26. The number of ether oxygens (including phenoxy) is 1. The molecule has 7 heteroatoms. The molecule has 0 radical (unpaired) electrons. The van der Waals surface area contributed by atoms with Crippen molar-refractivity contribution in [3.05, 3.63) is 102 Å². The number of rotatable bonds is 7. The summed E-state index contributed by atoms with van der Waals surface area (Å²) in [7, 11) is 1.61. The number of benzene rings is 3. The first-order valence-corrected chi connectivity index (χ1v) is 9.98. The van der Waals surface area contributed by atoms with Crippen molar-refractivity contribution >= 4 is 17.4 Å². The minimum absolute atomic E-state index is 0.171. The fraction of sp³-hybridized carbons (Fsp3) is 0.0800. The average molecular weight is 428 g/mol. The molecule has 32 heavy (non-hydrogen) atoms. The highest BCUT2D eigenvalue weighted by Crippen LogP contribution is 2.20. The van der Waals surface area contributed by atoms with Crippen molar-refractivity contribution in [2.75, 3.05) is 12.4 Å². The standard InChI is InChI=1S/C25H21FN4O2/c1-32-22-7-2-4-17(14-22)16-28-25(31)18-8-10-21(11-9-18)29-23-12-13-27-24(30-23)19-5-3-6-20(26)15-19/h2-15H,16H2,1H3,(H,28,31)(H,27,29,30). The van der Waals surface area contributed by atoms with Crippen LogP contribution in [-0.4, -0.2) is 23.0 Å². The van der Waals surface area contributed by atoms with Gasteiger partial charge in [-0.3, -0.25) is 4.79 Å². The first kappa shape index (κ1) is 21.0. The van der Waals surface area contributed by atoms with E-state index in [0.717, 1.165) is 17.0 Å². The maximum atomic E-state index is 13.5. The summed E-state index contributed by atoms with van der Waals surface area (Å²) in [5, 5.41) is 6.07. The molecule has 1 heterocycles. The molecular formula is C25H21FN4O2. The van der Waals surface area contributed by atoms with Gasteiger partial charge in [-0.25, -0.2) is 14.4 Å². The summed E-state index contributed by atoms with van der Waals surface area (Å²) >= 11 is 0. The molecule has 0 bridgehead atoms. The van der Waals surface area contributed by atoms with E-state index in [1.807, 2.05) is 24.3 Å². The number of halogens is 1. The zero-order chi connectivity index (χ0) is 22.3. The number of carbonyl (C=O) groups excluding carboxylic acids is 1. The third-order valence-corrected chi connectivity index (χ3v) is 4.75. The van der Waals surface area contributed by atoms with E-state index in [1.54, 1.807) is 55.8 Å². The lowest BCUT2D eigenvalue weighted by atomic mass is 10.1. The third kappa shape index (κ3) is 5.26. The van der Waals surface area contributed by atoms with Gasteiger partial charge in [0.1, 0.15) is 17.4 Å². The quantitative estimate of drug-likeness (QED) is 0.435. The predicted octanol–water partition coefficient (Wildman–Crippen LogP) is 4.96. The van der Waals surface area contributed by atoms with E-state index in [-0.39, 0.29) is 11.7 Å². The Labute approximate surface area is 185 Å². The van der Waals surface area contributed by atoms with E-state index in [9.17, 15) is 9.18 Å². The molecule has 0 aliphatic rings. The molecule has 0 spiro atoms. The van der Waals surface area contributed by atoms with Crippen LogP contribution in [0, 0.1) is 5.82 Å². The van der Waals surface area contributed by atoms with Gasteiger partial charge in [0.05, 0.1) is 7.11 Å². The van der Waals surface area contributed by atoms with Crippen LogP contribution >= 0.6 is 0 Å². The van der Waals surface area contributed by atoms with Crippen LogP contribution in [0.25, 0.3) is 11.4 Å². The Bertz CT molecular complexity index is 1230. The lowest BCUT2D eigenvalue weighted by Gasteiger charge is -2.09. The minimum Gasteiger partial charge on any atom is -0.497 e. The molecule has 0 saturated carbocycles. The number of nitrogens with one attached hydrogen (secondary N) is 2. The summed E-state index contributed by atoms with van der Waals surface area (Å²) < 4.78 is 18.7. The van der Waals surface area contributed by atoms with Crippen LogP contribution in [0.4, 0.5) is 15.9 Å². The molecule has 0 fully saturated rings. The van der Waals surface area contributed by atoms with Crippen molar-refractivity contribution in [3.63, 3.8) is 0 Å². The molecule has 0 atom stereocenters. The molecule has 0 aliphatic carbocycles. The van der Waals surface area contributed by atoms with Crippen molar-refractivity contribution in [1.29, 1.82) is 0 Å². The Kier molecular flexibility index (Phi) is 6.36. The van der Waals surface area contributed by atoms with Crippen molar-refractivity contribution in [2.24, 2.45) is 0 Å². The van der Waals surface area contributed by atoms with Gasteiger partial charge in [-0.15, -0.1) is 0 Å². The highest BCUT2D eigenvalue weighted by molar-refractivity contribution is 5.94. The molecule has 2 N–H and O–H groups in total. The van der Waals surface area contributed by atoms with Gasteiger partial charge in [0.25, 0.3) is 5.91 Å². The lowest BCUT2D eigenvalue weighted by molar-refractivity contribution is 0.0951. The molecule has 0 aliphatic heterocycles. The average Bonchev–Trinajstić information content (AvgIpc) is 2.83. The van der Waals surface area contributed by atoms with Gasteiger partial charge in [-0.2, -0.15) is 0 Å². The van der Waals surface area contributed by atoms with Gasteiger partial charge >= 0.3 is 0 Å². The van der Waals surface area contributed by atoms with Crippen molar-refractivity contribution in [3.8, 4) is 17.1 Å². The van der Waals surface area contributed by atoms with E-state index in [1.165, 1.54) is 12.1 Å². The highest BCUT2D eigenvalue weighted by Gasteiger charge is 2.07. The maximum absolute atomic E-state index is 13.5. The lowest BCUT2D eigenvalue weighted by Crippen LogP contribution is -2.22. The fourth-order valence-electron chi connectivity index (χ4n) is 3.11. The molecule has 4 aromatic rings. The minimum atomic E-state index is -0.343. The predicted molar refractivity (Wildman–Crippen MR) is 121 cm³/mol. The van der Waals surface area contributed by atoms with Crippen LogP contribution in [0.5, 0.6) is 5.75 Å². The monoisotopic (exact) mass is 428 g/mol. The number of aromatic nitrogens is 2. The van der Waals surface area contributed by atoms with E-state index >= 15 is 0 Å². The summed E-state index contributed by atoms with van der Waals surface area (Å²) in [6, 6.07) is 22.5. The highest BCUT2D eigenvalue weighted by atomic mass is 19.1. The zero-order valence-corrected chi connectivity index (χ0v) is 17.4. The summed E-state index contributed by atoms with van der Waals surface area (Å²) in [5.74, 6) is 1.22. The van der Waals surface area contributed by atoms with Crippen LogP contribution in [0.3, 0.4) is 0 Å². The van der Waals surface area contributed by atoms with Gasteiger partial charge in [0, 0.05) is 29.6 Å². The summed E-state index contributed by atoms with van der Waals surface area (Å²) in [6.45, 7) is 0.403. The molecule has 1 aromatic heterocycles. The molecular weight excluding hydrogens is 407 g/mol. The summed E-state index contributed by atoms with van der Waals surface area (Å²) in [4.78, 5) is 21.1. The van der Waals surface area contributed by atoms with E-state index in [4.69, 9.17) is 4.74 Å². The fourth-order valence-corrected chi connectivity index (χ4v) is 3.11. The number of nitrogens with zero attached hydrogens (tertiary/aromatic N) is 2. The largest absolute Gasteiger partial charge is 0.497 e. The van der Waals surface area contributed by atoms with Crippen molar-refractivity contribution in [1.82, 2.24) is 15.3 Å². The van der Waals surface area contributed by atoms with Crippen LogP contribution in [-0.2, 0) is 6.54 Å². The Morgan fingerprint density at radius 2 is 1.81 bits per heavy atom. The number of anilines is 2. The second-order valence-corrected chi connectivity index (χ2v) is 7.01. The Balaban J connectivity index is 1.39. The maximum Gasteiger partial charge on any atom is 0.251 e. The van der Waals surface area contributed by atoms with E-state index in [2.05, 4.69) is 20.6 Å². The molecule has 160 valence electrons. The topological polar surface area (TPSA) is 76.1 Å². The normalized spacial score (nSPS) is 10.4. The van der Waals surface area contributed by atoms with Crippen LogP contribution in [0.1, 0.15) is 15.9 Å². The number of methoxy groups -OCH3 is 1. The second-order valence-electron chi connectivity index (χ2n) is 7.01. The zero-order valence-electron chi connectivity index (χ0n) is 17.4. The van der Waals surface area contributed by atoms with E-state index in [0.29, 0.717) is 29.3 Å². The van der Waals surface area contributed by atoms with Gasteiger partial charge < -0.3 is 15.4 Å². The first-order chi connectivity index (χ1) is 15.6. The molecule has 3 aromatic carbocycles. The summed E-state index contributed by atoms with van der Waals surface area (Å²) in [5.41, 5.74) is 2.85. The van der Waals surface area contributed by atoms with Crippen molar-refractivity contribution in [2.45, 2.75) is 6.54 Å². The number of hydrogen-bond donors (Lipinski definition) is 2. The van der Waals surface area contributed by atoms with Crippen LogP contribution in [0.15, 0.2) is 85.1 Å². The molecule has 0 saturated heterocycles. The third-order valence-electron chi connectivity index (χ3n) is 4.75. The van der Waals surface area contributed by atoms with E-state index < -0.39 is 0 Å². The van der Waals surface area contributed by atoms with Gasteiger partial charge in [0.2, 0.25) is 0 Å². The SMILES string of the molecule is COc1cccc(CNC(=O)c2ccc(Nc3ccnc(-c4cccc(F)c4)n3)cc2)c1. The van der Waals surface area contributed by atoms with Crippen molar-refractivity contribution < 1.29 is 13.9 Å². The van der Waals surface area contributed by atoms with Gasteiger partial charge in [0.15, 0.2) is 5.82 Å². The molecule has 4 rings (SSSR count). The summed E-state index contributed by atoms with van der Waals surface area (Å²) in [6.07, 6.45) is 1.61. The van der Waals surface area contributed by atoms with Crippen LogP contribution in [0.2, 0.25) is 0 Å². The Morgan fingerprint density at radius 1 is 1.00 bits per heavy atom. The first-order valence-electron chi connectivity index (χ1n) is 9.98. The molecule has 6 nitrogen and oxygen atoms in total. The molecule has 0 unspecified atom stereocenters.